The van der Waals surface area contributed by atoms with E-state index in [2.05, 4.69) is 24.3 Å². The van der Waals surface area contributed by atoms with Gasteiger partial charge < -0.3 is 14.7 Å². The molecule has 0 saturated carbocycles. The number of nitrogens with zero attached hydrogens (tertiary/aromatic N) is 3. The second kappa shape index (κ2) is 12.1. The molecule has 0 spiro atoms. The Morgan fingerprint density at radius 1 is 0.969 bits per heavy atom. The highest BCUT2D eigenvalue weighted by atomic mass is 32.2. The summed E-state index contributed by atoms with van der Waals surface area (Å²) < 4.78 is 0. The van der Waals surface area contributed by atoms with Gasteiger partial charge in [0.05, 0.1) is 12.3 Å². The number of likely N-dealkylation sites (N-methyl/N-ethyl adjacent to an activating group) is 2. The zero-order valence-corrected chi connectivity index (χ0v) is 20.3. The minimum Gasteiger partial charge on any atom is -0.342 e. The molecule has 0 aliphatic carbocycles. The zero-order valence-electron chi connectivity index (χ0n) is 19.4. The Kier molecular flexibility index (Phi) is 9.18. The summed E-state index contributed by atoms with van der Waals surface area (Å²) in [5.74, 6) is 1.21. The first-order chi connectivity index (χ1) is 15.4. The lowest BCUT2D eigenvalue weighted by Gasteiger charge is -2.40. The summed E-state index contributed by atoms with van der Waals surface area (Å²) in [6.07, 6.45) is 2.70. The summed E-state index contributed by atoms with van der Waals surface area (Å²) in [5, 5.41) is 0. The smallest absolute Gasteiger partial charge is 0.236 e. The Labute approximate surface area is 196 Å². The Balaban J connectivity index is 1.60. The molecule has 6 heteroatoms. The molecule has 1 saturated heterocycles. The summed E-state index contributed by atoms with van der Waals surface area (Å²) in [7, 11) is 5.79. The number of thioether (sulfide) groups is 1. The monoisotopic (exact) mass is 453 g/mol. The summed E-state index contributed by atoms with van der Waals surface area (Å²) in [6, 6.07) is 20.6. The number of hydrogen-bond donors (Lipinski definition) is 0. The van der Waals surface area contributed by atoms with Crippen LogP contribution >= 0.6 is 11.8 Å². The Morgan fingerprint density at radius 3 is 2.16 bits per heavy atom. The summed E-state index contributed by atoms with van der Waals surface area (Å²) in [6.45, 7) is 1.94. The van der Waals surface area contributed by atoms with Gasteiger partial charge in [-0.2, -0.15) is 0 Å². The van der Waals surface area contributed by atoms with Crippen molar-refractivity contribution in [3.8, 4) is 0 Å². The molecule has 1 unspecified atom stereocenters. The van der Waals surface area contributed by atoms with Crippen molar-refractivity contribution in [1.82, 2.24) is 14.7 Å². The number of hydrogen-bond acceptors (Lipinski definition) is 4. The van der Waals surface area contributed by atoms with Gasteiger partial charge in [-0.05, 0) is 57.0 Å². The highest BCUT2D eigenvalue weighted by molar-refractivity contribution is 8.00. The molecule has 0 radical (unpaired) electrons. The topological polar surface area (TPSA) is 43.9 Å². The minimum atomic E-state index is 0.140. The van der Waals surface area contributed by atoms with Crippen LogP contribution in [-0.4, -0.2) is 79.1 Å². The number of benzene rings is 2. The van der Waals surface area contributed by atoms with E-state index >= 15 is 0 Å². The molecule has 1 fully saturated rings. The number of rotatable bonds is 9. The number of likely N-dealkylation sites (tertiary alicyclic amines) is 1. The molecule has 1 heterocycles. The summed E-state index contributed by atoms with van der Waals surface area (Å²) >= 11 is 1.60. The average Bonchev–Trinajstić information content (AvgIpc) is 2.81. The van der Waals surface area contributed by atoms with E-state index in [1.54, 1.807) is 11.8 Å². The molecule has 0 aromatic heterocycles. The SMILES string of the molecule is CN(C)CC(=O)N(C)C(Cc1ccccc1)C1CCN(C(=O)CSc2ccccc2)CC1. The van der Waals surface area contributed by atoms with Crippen molar-refractivity contribution in [3.05, 3.63) is 66.2 Å². The van der Waals surface area contributed by atoms with E-state index in [9.17, 15) is 9.59 Å². The molecule has 172 valence electrons. The van der Waals surface area contributed by atoms with E-state index in [1.165, 1.54) is 5.56 Å². The lowest BCUT2D eigenvalue weighted by Crippen LogP contribution is -2.50. The van der Waals surface area contributed by atoms with Crippen molar-refractivity contribution in [2.24, 2.45) is 5.92 Å². The fourth-order valence-electron chi connectivity index (χ4n) is 4.33. The van der Waals surface area contributed by atoms with Crippen molar-refractivity contribution in [1.29, 1.82) is 0 Å². The van der Waals surface area contributed by atoms with Crippen LogP contribution < -0.4 is 0 Å². The summed E-state index contributed by atoms with van der Waals surface area (Å²) in [4.78, 5) is 32.6. The molecule has 2 amide bonds. The number of amides is 2. The van der Waals surface area contributed by atoms with Crippen molar-refractivity contribution in [3.63, 3.8) is 0 Å². The van der Waals surface area contributed by atoms with Gasteiger partial charge in [-0.1, -0.05) is 48.5 Å². The number of carbonyl (C=O) groups is 2. The first-order valence-corrected chi connectivity index (χ1v) is 12.3. The maximum absolute atomic E-state index is 12.8. The standard InChI is InChI=1S/C26H35N3O2S/c1-27(2)19-25(30)28(3)24(18-21-10-6-4-7-11-21)22-14-16-29(17-15-22)26(31)20-32-23-12-8-5-9-13-23/h4-13,22,24H,14-20H2,1-3H3. The van der Waals surface area contributed by atoms with Crippen molar-refractivity contribution in [2.75, 3.05) is 46.5 Å². The van der Waals surface area contributed by atoms with E-state index in [0.29, 0.717) is 18.2 Å². The second-order valence-electron chi connectivity index (χ2n) is 8.82. The van der Waals surface area contributed by atoms with Crippen LogP contribution in [0.4, 0.5) is 0 Å². The van der Waals surface area contributed by atoms with Gasteiger partial charge in [0.15, 0.2) is 0 Å². The van der Waals surface area contributed by atoms with Gasteiger partial charge in [-0.25, -0.2) is 0 Å². The molecule has 5 nitrogen and oxygen atoms in total. The Bertz CT molecular complexity index is 852. The maximum atomic E-state index is 12.8. The predicted octanol–water partition coefficient (Wildman–Crippen LogP) is 3.65. The van der Waals surface area contributed by atoms with Gasteiger partial charge in [0.1, 0.15) is 0 Å². The molecule has 0 N–H and O–H groups in total. The minimum absolute atomic E-state index is 0.140. The molecule has 1 aliphatic heterocycles. The van der Waals surface area contributed by atoms with Crippen LogP contribution in [0.1, 0.15) is 18.4 Å². The van der Waals surface area contributed by atoms with E-state index in [1.807, 2.05) is 72.2 Å². The fourth-order valence-corrected chi connectivity index (χ4v) is 5.15. The normalized spacial score (nSPS) is 15.6. The molecule has 1 atom stereocenters. The first kappa shape index (κ1) is 24.3. The average molecular weight is 454 g/mol. The quantitative estimate of drug-likeness (QED) is 0.544. The van der Waals surface area contributed by atoms with E-state index in [-0.39, 0.29) is 17.9 Å². The first-order valence-electron chi connectivity index (χ1n) is 11.3. The van der Waals surface area contributed by atoms with E-state index in [4.69, 9.17) is 0 Å². The number of piperidine rings is 1. The van der Waals surface area contributed by atoms with Gasteiger partial charge in [-0.15, -0.1) is 11.8 Å². The van der Waals surface area contributed by atoms with Crippen molar-refractivity contribution in [2.45, 2.75) is 30.2 Å². The molecular weight excluding hydrogens is 418 g/mol. The van der Waals surface area contributed by atoms with Crippen molar-refractivity contribution < 1.29 is 9.59 Å². The largest absolute Gasteiger partial charge is 0.342 e. The maximum Gasteiger partial charge on any atom is 0.236 e. The Hall–Kier alpha value is -2.31. The van der Waals surface area contributed by atoms with Crippen LogP contribution in [-0.2, 0) is 16.0 Å². The molecule has 2 aromatic carbocycles. The molecule has 0 bridgehead atoms. The highest BCUT2D eigenvalue weighted by Crippen LogP contribution is 2.27. The zero-order chi connectivity index (χ0) is 22.9. The third-order valence-electron chi connectivity index (χ3n) is 6.17. The third kappa shape index (κ3) is 7.10. The van der Waals surface area contributed by atoms with E-state index < -0.39 is 0 Å². The van der Waals surface area contributed by atoms with Gasteiger partial charge in [-0.3, -0.25) is 9.59 Å². The van der Waals surface area contributed by atoms with E-state index in [0.717, 1.165) is 37.2 Å². The number of carbonyl (C=O) groups excluding carboxylic acids is 2. The van der Waals surface area contributed by atoms with Crippen LogP contribution in [0.25, 0.3) is 0 Å². The lowest BCUT2D eigenvalue weighted by atomic mass is 9.85. The molecule has 3 rings (SSSR count). The third-order valence-corrected chi connectivity index (χ3v) is 7.17. The van der Waals surface area contributed by atoms with Crippen LogP contribution in [0.2, 0.25) is 0 Å². The molecular formula is C26H35N3O2S. The van der Waals surface area contributed by atoms with Gasteiger partial charge >= 0.3 is 0 Å². The lowest BCUT2D eigenvalue weighted by molar-refractivity contribution is -0.135. The van der Waals surface area contributed by atoms with Crippen LogP contribution in [0.3, 0.4) is 0 Å². The fraction of sp³-hybridized carbons (Fsp3) is 0.462. The summed E-state index contributed by atoms with van der Waals surface area (Å²) in [5.41, 5.74) is 1.25. The van der Waals surface area contributed by atoms with Crippen molar-refractivity contribution >= 4 is 23.6 Å². The Morgan fingerprint density at radius 2 is 1.56 bits per heavy atom. The van der Waals surface area contributed by atoms with Gasteiger partial charge in [0.2, 0.25) is 11.8 Å². The molecule has 2 aromatic rings. The second-order valence-corrected chi connectivity index (χ2v) is 9.87. The highest BCUT2D eigenvalue weighted by Gasteiger charge is 2.32. The molecule has 1 aliphatic rings. The van der Waals surface area contributed by atoms with Gasteiger partial charge in [0.25, 0.3) is 0 Å². The van der Waals surface area contributed by atoms with Crippen LogP contribution in [0, 0.1) is 5.92 Å². The molecule has 32 heavy (non-hydrogen) atoms. The van der Waals surface area contributed by atoms with Gasteiger partial charge in [0, 0.05) is 31.1 Å². The van der Waals surface area contributed by atoms with Crippen LogP contribution in [0.5, 0.6) is 0 Å². The predicted molar refractivity (Wildman–Crippen MR) is 132 cm³/mol. The van der Waals surface area contributed by atoms with Crippen LogP contribution in [0.15, 0.2) is 65.6 Å².